The first kappa shape index (κ1) is 49.3. The predicted molar refractivity (Wildman–Crippen MR) is 351 cm³/mol. The first-order valence-electron chi connectivity index (χ1n) is 29.3. The van der Waals surface area contributed by atoms with E-state index in [1.807, 2.05) is 0 Å². The van der Waals surface area contributed by atoms with E-state index in [4.69, 9.17) is 0 Å². The molecule has 3 aliphatic carbocycles. The Morgan fingerprint density at radius 3 is 0.821 bits per heavy atom. The van der Waals surface area contributed by atoms with Gasteiger partial charge < -0.3 is 9.80 Å². The first-order valence-corrected chi connectivity index (χ1v) is 29.3. The summed E-state index contributed by atoms with van der Waals surface area (Å²) in [6.45, 7) is 4.72. The highest BCUT2D eigenvalue weighted by molar-refractivity contribution is 5.98. The molecule has 84 heavy (non-hydrogen) atoms. The van der Waals surface area contributed by atoms with Crippen LogP contribution < -0.4 is 9.80 Å². The highest BCUT2D eigenvalue weighted by atomic mass is 15.1. The Morgan fingerprint density at radius 1 is 0.190 bits per heavy atom. The van der Waals surface area contributed by atoms with Crippen molar-refractivity contribution in [2.75, 3.05) is 9.80 Å². The topological polar surface area (TPSA) is 6.48 Å². The number of nitrogens with zero attached hydrogens (tertiary/aromatic N) is 2. The third kappa shape index (κ3) is 7.71. The minimum atomic E-state index is -0.600. The van der Waals surface area contributed by atoms with Crippen LogP contribution in [0.1, 0.15) is 47.2 Å². The van der Waals surface area contributed by atoms with Crippen molar-refractivity contribution >= 4 is 34.1 Å². The van der Waals surface area contributed by atoms with Crippen molar-refractivity contribution in [2.45, 2.75) is 24.7 Å². The maximum absolute atomic E-state index is 2.50. The van der Waals surface area contributed by atoms with Gasteiger partial charge in [0.05, 0.1) is 5.41 Å². The van der Waals surface area contributed by atoms with Crippen LogP contribution in [0.4, 0.5) is 34.1 Å². The van der Waals surface area contributed by atoms with Crippen molar-refractivity contribution in [2.24, 2.45) is 0 Å². The summed E-state index contributed by atoms with van der Waals surface area (Å²) < 4.78 is 0. The molecule has 1 spiro atoms. The monoisotopic (exact) mass is 1070 g/mol. The molecule has 0 heterocycles. The van der Waals surface area contributed by atoms with Crippen molar-refractivity contribution in [3.05, 3.63) is 349 Å². The van der Waals surface area contributed by atoms with E-state index in [1.54, 1.807) is 0 Å². The van der Waals surface area contributed by atoms with Gasteiger partial charge in [0.2, 0.25) is 0 Å². The molecule has 0 amide bonds. The van der Waals surface area contributed by atoms with Gasteiger partial charge in [0.15, 0.2) is 0 Å². The van der Waals surface area contributed by atoms with Gasteiger partial charge in [-0.05, 0) is 184 Å². The van der Waals surface area contributed by atoms with Gasteiger partial charge in [-0.15, -0.1) is 0 Å². The molecule has 0 saturated heterocycles. The lowest BCUT2D eigenvalue weighted by atomic mass is 9.66. The molecule has 0 N–H and O–H groups in total. The second-order valence-electron chi connectivity index (χ2n) is 23.2. The van der Waals surface area contributed by atoms with Crippen molar-refractivity contribution in [1.82, 2.24) is 0 Å². The lowest BCUT2D eigenvalue weighted by Crippen LogP contribution is -2.29. The summed E-state index contributed by atoms with van der Waals surface area (Å²) in [7, 11) is 0. The van der Waals surface area contributed by atoms with E-state index in [9.17, 15) is 0 Å². The van der Waals surface area contributed by atoms with Crippen LogP contribution in [0.5, 0.6) is 0 Å². The average molecular weight is 1070 g/mol. The van der Waals surface area contributed by atoms with Gasteiger partial charge in [0.1, 0.15) is 0 Å². The first-order chi connectivity index (χ1) is 41.4. The van der Waals surface area contributed by atoms with Gasteiger partial charge in [-0.2, -0.15) is 0 Å². The molecule has 13 aromatic rings. The van der Waals surface area contributed by atoms with Crippen LogP contribution in [0.25, 0.3) is 77.9 Å². The second kappa shape index (κ2) is 19.6. The molecular formula is C82H58N2. The molecule has 16 rings (SSSR count). The Hall–Kier alpha value is -10.5. The summed E-state index contributed by atoms with van der Waals surface area (Å²) in [5, 5.41) is 0. The molecule has 2 nitrogen and oxygen atoms in total. The van der Waals surface area contributed by atoms with E-state index < -0.39 is 5.41 Å². The van der Waals surface area contributed by atoms with Crippen LogP contribution in [0.2, 0.25) is 0 Å². The Balaban J connectivity index is 0.806. The summed E-state index contributed by atoms with van der Waals surface area (Å²) in [5.74, 6) is 0. The number of fused-ring (bicyclic) bond motifs is 15. The maximum atomic E-state index is 2.50. The van der Waals surface area contributed by atoms with Crippen LogP contribution in [-0.4, -0.2) is 0 Å². The lowest BCUT2D eigenvalue weighted by molar-refractivity contribution is 0.660. The van der Waals surface area contributed by atoms with Crippen LogP contribution in [0.3, 0.4) is 0 Å². The molecule has 0 saturated carbocycles. The van der Waals surface area contributed by atoms with Gasteiger partial charge in [0, 0.05) is 39.5 Å². The highest BCUT2D eigenvalue weighted by Crippen LogP contribution is 2.62. The zero-order valence-electron chi connectivity index (χ0n) is 46.9. The second-order valence-corrected chi connectivity index (χ2v) is 23.2. The number of hydrogen-bond donors (Lipinski definition) is 0. The number of hydrogen-bond acceptors (Lipinski definition) is 2. The summed E-state index contributed by atoms with van der Waals surface area (Å²) in [6, 6.07) is 117. The minimum Gasteiger partial charge on any atom is -0.310 e. The molecule has 0 unspecified atom stereocenters. The number of rotatable bonds is 9. The molecule has 0 fully saturated rings. The molecule has 2 heteroatoms. The summed E-state index contributed by atoms with van der Waals surface area (Å²) >= 11 is 0. The van der Waals surface area contributed by atoms with Crippen molar-refractivity contribution in [3.8, 4) is 77.9 Å². The Bertz CT molecular complexity index is 4590. The van der Waals surface area contributed by atoms with Gasteiger partial charge in [-0.1, -0.05) is 257 Å². The third-order valence-electron chi connectivity index (χ3n) is 18.3. The van der Waals surface area contributed by atoms with Crippen LogP contribution in [0.15, 0.2) is 315 Å². The zero-order chi connectivity index (χ0) is 55.9. The van der Waals surface area contributed by atoms with Crippen molar-refractivity contribution < 1.29 is 0 Å². The van der Waals surface area contributed by atoms with Gasteiger partial charge in [-0.3, -0.25) is 0 Å². The van der Waals surface area contributed by atoms with E-state index in [1.165, 1.54) is 100 Å². The molecule has 0 atom stereocenters. The minimum absolute atomic E-state index is 0.128. The van der Waals surface area contributed by atoms with E-state index in [0.717, 1.165) is 45.3 Å². The van der Waals surface area contributed by atoms with Crippen LogP contribution >= 0.6 is 0 Å². The summed E-state index contributed by atoms with van der Waals surface area (Å²) in [4.78, 5) is 4.85. The van der Waals surface area contributed by atoms with E-state index in [-0.39, 0.29) is 5.41 Å². The molecule has 396 valence electrons. The van der Waals surface area contributed by atoms with Gasteiger partial charge >= 0.3 is 0 Å². The smallest absolute Gasteiger partial charge is 0.0726 e. The van der Waals surface area contributed by atoms with E-state index >= 15 is 0 Å². The lowest BCUT2D eigenvalue weighted by Gasteiger charge is -2.36. The summed E-state index contributed by atoms with van der Waals surface area (Å²) in [5.41, 5.74) is 31.1. The van der Waals surface area contributed by atoms with Crippen molar-refractivity contribution in [3.63, 3.8) is 0 Å². The Morgan fingerprint density at radius 2 is 0.440 bits per heavy atom. The fourth-order valence-corrected chi connectivity index (χ4v) is 14.4. The zero-order valence-corrected chi connectivity index (χ0v) is 46.9. The number of benzene rings is 13. The quantitative estimate of drug-likeness (QED) is 0.142. The van der Waals surface area contributed by atoms with Gasteiger partial charge in [-0.25, -0.2) is 0 Å². The fourth-order valence-electron chi connectivity index (χ4n) is 14.4. The maximum Gasteiger partial charge on any atom is 0.0726 e. The Labute approximate surface area is 492 Å². The molecular weight excluding hydrogens is 1010 g/mol. The summed E-state index contributed by atoms with van der Waals surface area (Å²) in [6.07, 6.45) is 0. The molecule has 0 aliphatic heterocycles. The average Bonchev–Trinajstić information content (AvgIpc) is 1.92. The van der Waals surface area contributed by atoms with Gasteiger partial charge in [0.25, 0.3) is 0 Å². The SMILES string of the molecule is CC1(C)c2ccccc2-c2ccc(N(c3ccc(-c4ccccc4)cc3)c3ccc(-c4ccc(N(c5ccc(-c6ccccc6)cc5)c5ccc6c(c5)C5(c7ccccc7-c7ccccc7-c7ccccc75)c5ccccc5-6)cc4)cc3)cc21. The van der Waals surface area contributed by atoms with Crippen molar-refractivity contribution in [1.29, 1.82) is 0 Å². The molecule has 13 aromatic carbocycles. The molecule has 3 aliphatic rings. The molecule has 0 radical (unpaired) electrons. The van der Waals surface area contributed by atoms with Crippen LogP contribution in [0, 0.1) is 0 Å². The standard InChI is InChI=1S/C82H58N2/c1-81(2)75-29-15-11-27-71(75)73-51-49-65(53-79(73)81)83(61-41-33-57(34-42-61)55-19-5-3-6-20-55)62-45-37-59(38-46-62)60-39-47-64(48-40-60)84(63-43-35-58(36-44-63)56-21-7-4-8-22-56)66-50-52-74-72-28-14-18-32-78(72)82(80(74)54-66)76-30-16-12-25-69(76)67-23-9-10-24-68(67)70-26-13-17-31-77(70)82/h3-54H,1-2H3. The van der Waals surface area contributed by atoms with E-state index in [0.29, 0.717) is 0 Å². The highest BCUT2D eigenvalue weighted by Gasteiger charge is 2.50. The van der Waals surface area contributed by atoms with Crippen LogP contribution in [-0.2, 0) is 10.8 Å². The predicted octanol–water partition coefficient (Wildman–Crippen LogP) is 21.9. The Kier molecular flexibility index (Phi) is 11.5. The van der Waals surface area contributed by atoms with E-state index in [2.05, 4.69) is 339 Å². The fraction of sp³-hybridized carbons (Fsp3) is 0.0488. The molecule has 0 bridgehead atoms. The normalized spacial score (nSPS) is 13.3. The number of anilines is 6. The third-order valence-corrected chi connectivity index (χ3v) is 18.3. The largest absolute Gasteiger partial charge is 0.310 e. The molecule has 0 aromatic heterocycles.